The van der Waals surface area contributed by atoms with E-state index in [2.05, 4.69) is 10.3 Å². The first-order chi connectivity index (χ1) is 14.8. The quantitative estimate of drug-likeness (QED) is 0.726. The van der Waals surface area contributed by atoms with Crippen LogP contribution in [0, 0.1) is 5.92 Å². The summed E-state index contributed by atoms with van der Waals surface area (Å²) in [5.41, 5.74) is 1.27. The van der Waals surface area contributed by atoms with Gasteiger partial charge in [-0.1, -0.05) is 36.4 Å². The number of ether oxygens (including phenoxy) is 1. The molecule has 0 spiro atoms. The summed E-state index contributed by atoms with van der Waals surface area (Å²) in [6.07, 6.45) is -1.51. The number of halogens is 3. The van der Waals surface area contributed by atoms with Crippen LogP contribution in [0.4, 0.5) is 13.2 Å². The Labute approximate surface area is 178 Å². The van der Waals surface area contributed by atoms with Crippen molar-refractivity contribution in [1.82, 2.24) is 15.2 Å². The van der Waals surface area contributed by atoms with Crippen LogP contribution in [-0.4, -0.2) is 47.6 Å². The van der Waals surface area contributed by atoms with Crippen molar-refractivity contribution in [3.8, 4) is 5.88 Å². The van der Waals surface area contributed by atoms with E-state index in [1.54, 1.807) is 17.0 Å². The molecule has 1 N–H and O–H groups in total. The Kier molecular flexibility index (Phi) is 7.49. The third-order valence-corrected chi connectivity index (χ3v) is 5.02. The zero-order valence-electron chi connectivity index (χ0n) is 16.9. The molecule has 6 nitrogen and oxygen atoms in total. The number of piperidine rings is 1. The highest BCUT2D eigenvalue weighted by molar-refractivity contribution is 5.82. The molecule has 2 heterocycles. The van der Waals surface area contributed by atoms with Crippen molar-refractivity contribution in [2.75, 3.05) is 19.7 Å². The van der Waals surface area contributed by atoms with Crippen molar-refractivity contribution in [2.24, 2.45) is 5.92 Å². The summed E-state index contributed by atoms with van der Waals surface area (Å²) < 4.78 is 42.0. The van der Waals surface area contributed by atoms with Gasteiger partial charge in [0.05, 0.1) is 12.3 Å². The Balaban J connectivity index is 1.53. The van der Waals surface area contributed by atoms with Gasteiger partial charge in [-0.15, -0.1) is 0 Å². The molecule has 2 amide bonds. The predicted octanol–water partition coefficient (Wildman–Crippen LogP) is 3.12. The summed E-state index contributed by atoms with van der Waals surface area (Å²) in [7, 11) is 0. The lowest BCUT2D eigenvalue weighted by atomic mass is 9.96. The molecule has 0 aliphatic carbocycles. The largest absolute Gasteiger partial charge is 0.468 e. The molecule has 0 radical (unpaired) electrons. The maximum atomic E-state index is 12.6. The molecule has 1 atom stereocenters. The van der Waals surface area contributed by atoms with Gasteiger partial charge in [0.2, 0.25) is 17.7 Å². The SMILES string of the molecule is O=C(NCc1cccnc1OCC(F)(F)F)C1CCCN(C(=O)Cc2ccccc2)C1. The number of carbonyl (C=O) groups is 2. The molecule has 1 aliphatic rings. The molecular formula is C22H24F3N3O3. The molecule has 1 aromatic heterocycles. The van der Waals surface area contributed by atoms with Gasteiger partial charge in [-0.25, -0.2) is 4.98 Å². The molecular weight excluding hydrogens is 411 g/mol. The molecule has 1 fully saturated rings. The number of pyridine rings is 1. The maximum absolute atomic E-state index is 12.6. The third kappa shape index (κ3) is 6.97. The summed E-state index contributed by atoms with van der Waals surface area (Å²) in [4.78, 5) is 30.7. The normalized spacial score (nSPS) is 16.6. The fraction of sp³-hybridized carbons (Fsp3) is 0.409. The van der Waals surface area contributed by atoms with Gasteiger partial charge in [-0.05, 0) is 24.5 Å². The zero-order chi connectivity index (χ0) is 22.3. The molecule has 3 rings (SSSR count). The predicted molar refractivity (Wildman–Crippen MR) is 107 cm³/mol. The summed E-state index contributed by atoms with van der Waals surface area (Å²) in [5, 5.41) is 2.74. The van der Waals surface area contributed by atoms with Crippen molar-refractivity contribution in [1.29, 1.82) is 0 Å². The Morgan fingerprint density at radius 1 is 1.16 bits per heavy atom. The van der Waals surface area contributed by atoms with Crippen molar-refractivity contribution >= 4 is 11.8 Å². The van der Waals surface area contributed by atoms with E-state index in [1.165, 1.54) is 6.20 Å². The summed E-state index contributed by atoms with van der Waals surface area (Å²) in [5.74, 6) is -0.810. The topological polar surface area (TPSA) is 71.5 Å². The Morgan fingerprint density at radius 3 is 2.68 bits per heavy atom. The number of nitrogens with one attached hydrogen (secondary N) is 1. The van der Waals surface area contributed by atoms with Crippen LogP contribution in [-0.2, 0) is 22.6 Å². The number of hydrogen-bond donors (Lipinski definition) is 1. The van der Waals surface area contributed by atoms with E-state index < -0.39 is 12.8 Å². The van der Waals surface area contributed by atoms with Crippen LogP contribution in [0.3, 0.4) is 0 Å². The number of nitrogens with zero attached hydrogens (tertiary/aromatic N) is 2. The van der Waals surface area contributed by atoms with E-state index in [9.17, 15) is 22.8 Å². The number of likely N-dealkylation sites (tertiary alicyclic amines) is 1. The lowest BCUT2D eigenvalue weighted by Crippen LogP contribution is -2.45. The molecule has 1 saturated heterocycles. The first-order valence-electron chi connectivity index (χ1n) is 10.0. The number of amides is 2. The Hall–Kier alpha value is -3.10. The first kappa shape index (κ1) is 22.6. The number of rotatable bonds is 7. The molecule has 166 valence electrons. The monoisotopic (exact) mass is 435 g/mol. The fourth-order valence-electron chi connectivity index (χ4n) is 3.47. The molecule has 1 unspecified atom stereocenters. The summed E-state index contributed by atoms with van der Waals surface area (Å²) >= 11 is 0. The van der Waals surface area contributed by atoms with Crippen LogP contribution in [0.2, 0.25) is 0 Å². The maximum Gasteiger partial charge on any atom is 0.422 e. The van der Waals surface area contributed by atoms with E-state index >= 15 is 0 Å². The lowest BCUT2D eigenvalue weighted by molar-refractivity contribution is -0.154. The second-order valence-corrected chi connectivity index (χ2v) is 7.43. The highest BCUT2D eigenvalue weighted by atomic mass is 19.4. The smallest absolute Gasteiger partial charge is 0.422 e. The Bertz CT molecular complexity index is 890. The van der Waals surface area contributed by atoms with Gasteiger partial charge in [-0.2, -0.15) is 13.2 Å². The standard InChI is InChI=1S/C22H24F3N3O3/c23-22(24,25)15-31-21-17(8-4-10-26-21)13-27-20(30)18-9-5-11-28(14-18)19(29)12-16-6-2-1-3-7-16/h1-4,6-8,10,18H,5,9,11-15H2,(H,27,30). The fourth-order valence-corrected chi connectivity index (χ4v) is 3.47. The molecule has 31 heavy (non-hydrogen) atoms. The zero-order valence-corrected chi connectivity index (χ0v) is 16.9. The van der Waals surface area contributed by atoms with Gasteiger partial charge in [0.15, 0.2) is 6.61 Å². The lowest BCUT2D eigenvalue weighted by Gasteiger charge is -2.32. The second kappa shape index (κ2) is 10.3. The van der Waals surface area contributed by atoms with Crippen molar-refractivity contribution in [3.63, 3.8) is 0 Å². The van der Waals surface area contributed by atoms with E-state index in [0.29, 0.717) is 31.5 Å². The number of aromatic nitrogens is 1. The molecule has 1 aromatic carbocycles. The van der Waals surface area contributed by atoms with Gasteiger partial charge in [0, 0.05) is 31.4 Å². The number of benzene rings is 1. The molecule has 0 bridgehead atoms. The van der Waals surface area contributed by atoms with Crippen LogP contribution in [0.25, 0.3) is 0 Å². The molecule has 1 aliphatic heterocycles. The minimum Gasteiger partial charge on any atom is -0.468 e. The van der Waals surface area contributed by atoms with Gasteiger partial charge >= 0.3 is 6.18 Å². The second-order valence-electron chi connectivity index (χ2n) is 7.43. The summed E-state index contributed by atoms with van der Waals surface area (Å²) in [6.45, 7) is -0.532. The van der Waals surface area contributed by atoms with Gasteiger partial charge < -0.3 is 15.0 Å². The average Bonchev–Trinajstić information content (AvgIpc) is 2.77. The average molecular weight is 435 g/mol. The third-order valence-electron chi connectivity index (χ3n) is 5.02. The highest BCUT2D eigenvalue weighted by Gasteiger charge is 2.30. The molecule has 0 saturated carbocycles. The Morgan fingerprint density at radius 2 is 1.94 bits per heavy atom. The van der Waals surface area contributed by atoms with E-state index in [1.807, 2.05) is 30.3 Å². The molecule has 2 aromatic rings. The minimum atomic E-state index is -4.48. The minimum absolute atomic E-state index is 0.00563. The number of alkyl halides is 3. The van der Waals surface area contributed by atoms with E-state index in [0.717, 1.165) is 5.56 Å². The van der Waals surface area contributed by atoms with Gasteiger partial charge in [-0.3, -0.25) is 9.59 Å². The van der Waals surface area contributed by atoms with Crippen molar-refractivity contribution in [2.45, 2.75) is 32.0 Å². The van der Waals surface area contributed by atoms with Crippen LogP contribution < -0.4 is 10.1 Å². The number of carbonyl (C=O) groups excluding carboxylic acids is 2. The number of hydrogen-bond acceptors (Lipinski definition) is 4. The van der Waals surface area contributed by atoms with Gasteiger partial charge in [0.25, 0.3) is 0 Å². The van der Waals surface area contributed by atoms with Crippen LogP contribution in [0.1, 0.15) is 24.0 Å². The van der Waals surface area contributed by atoms with Crippen LogP contribution in [0.15, 0.2) is 48.7 Å². The van der Waals surface area contributed by atoms with Crippen molar-refractivity contribution < 1.29 is 27.5 Å². The first-order valence-corrected chi connectivity index (χ1v) is 10.0. The van der Waals surface area contributed by atoms with Crippen LogP contribution in [0.5, 0.6) is 5.88 Å². The highest BCUT2D eigenvalue weighted by Crippen LogP contribution is 2.21. The van der Waals surface area contributed by atoms with E-state index in [-0.39, 0.29) is 36.6 Å². The van der Waals surface area contributed by atoms with Crippen LogP contribution >= 0.6 is 0 Å². The van der Waals surface area contributed by atoms with Gasteiger partial charge in [0.1, 0.15) is 0 Å². The van der Waals surface area contributed by atoms with Crippen molar-refractivity contribution in [3.05, 3.63) is 59.8 Å². The summed E-state index contributed by atoms with van der Waals surface area (Å²) in [6, 6.07) is 12.5. The van der Waals surface area contributed by atoms with E-state index in [4.69, 9.17) is 4.74 Å². The molecule has 9 heteroatoms.